The molecule has 106 valence electrons. The highest BCUT2D eigenvalue weighted by molar-refractivity contribution is 9.10. The lowest BCUT2D eigenvalue weighted by atomic mass is 10.2. The Morgan fingerprint density at radius 1 is 1.29 bits per heavy atom. The molecule has 3 aromatic rings. The number of amides is 1. The molecule has 1 amide bonds. The molecular weight excluding hydrogens is 332 g/mol. The van der Waals surface area contributed by atoms with Crippen molar-refractivity contribution in [3.05, 3.63) is 58.0 Å². The zero-order valence-corrected chi connectivity index (χ0v) is 13.2. The van der Waals surface area contributed by atoms with Crippen molar-refractivity contribution in [1.29, 1.82) is 0 Å². The highest BCUT2D eigenvalue weighted by Crippen LogP contribution is 2.17. The lowest BCUT2D eigenvalue weighted by Gasteiger charge is -2.07. The number of halogens is 1. The van der Waals surface area contributed by atoms with Crippen molar-refractivity contribution in [2.24, 2.45) is 0 Å². The van der Waals surface area contributed by atoms with E-state index in [-0.39, 0.29) is 5.91 Å². The fourth-order valence-electron chi connectivity index (χ4n) is 2.16. The van der Waals surface area contributed by atoms with Crippen LogP contribution in [0.2, 0.25) is 0 Å². The summed E-state index contributed by atoms with van der Waals surface area (Å²) >= 11 is 3.36. The topological polar surface area (TPSA) is 59.3 Å². The summed E-state index contributed by atoms with van der Waals surface area (Å²) in [5.41, 5.74) is 3.04. The molecule has 2 aromatic heterocycles. The van der Waals surface area contributed by atoms with Crippen LogP contribution in [0.3, 0.4) is 0 Å². The Labute approximate surface area is 130 Å². The number of rotatable bonds is 2. The summed E-state index contributed by atoms with van der Waals surface area (Å²) in [6.07, 6.45) is 1.76. The number of carbonyl (C=O) groups excluding carboxylic acids is 1. The van der Waals surface area contributed by atoms with E-state index in [0.29, 0.717) is 17.1 Å². The monoisotopic (exact) mass is 344 g/mol. The van der Waals surface area contributed by atoms with Crippen molar-refractivity contribution in [3.8, 4) is 0 Å². The van der Waals surface area contributed by atoms with Crippen LogP contribution in [0.4, 0.5) is 5.69 Å². The number of nitrogens with one attached hydrogen (secondary N) is 1. The molecule has 0 aliphatic heterocycles. The molecule has 0 atom stereocenters. The third-order valence-electron chi connectivity index (χ3n) is 3.07. The van der Waals surface area contributed by atoms with Gasteiger partial charge in [0.1, 0.15) is 5.82 Å². The largest absolute Gasteiger partial charge is 0.321 e. The van der Waals surface area contributed by atoms with E-state index in [4.69, 9.17) is 0 Å². The van der Waals surface area contributed by atoms with Gasteiger partial charge in [0, 0.05) is 10.0 Å². The van der Waals surface area contributed by atoms with Crippen LogP contribution in [0.25, 0.3) is 5.65 Å². The highest BCUT2D eigenvalue weighted by Gasteiger charge is 2.09. The average Bonchev–Trinajstić information content (AvgIpc) is 2.80. The van der Waals surface area contributed by atoms with E-state index in [2.05, 4.69) is 31.3 Å². The van der Waals surface area contributed by atoms with Crippen LogP contribution in [0, 0.1) is 13.8 Å². The van der Waals surface area contributed by atoms with Gasteiger partial charge in [-0.15, -0.1) is 0 Å². The Kier molecular flexibility index (Phi) is 3.47. The first-order valence-corrected chi connectivity index (χ1v) is 7.23. The van der Waals surface area contributed by atoms with Gasteiger partial charge in [0.05, 0.1) is 11.9 Å². The van der Waals surface area contributed by atoms with E-state index in [0.717, 1.165) is 15.7 Å². The van der Waals surface area contributed by atoms with Crippen LogP contribution in [-0.4, -0.2) is 20.5 Å². The number of nitrogens with zero attached hydrogens (tertiary/aromatic N) is 3. The summed E-state index contributed by atoms with van der Waals surface area (Å²) in [6, 6.07) is 9.14. The lowest BCUT2D eigenvalue weighted by Crippen LogP contribution is -2.12. The second kappa shape index (κ2) is 5.29. The number of carbonyl (C=O) groups is 1. The molecule has 0 saturated heterocycles. The van der Waals surface area contributed by atoms with Crippen LogP contribution in [0.1, 0.15) is 21.7 Å². The molecule has 0 fully saturated rings. The second-order valence-electron chi connectivity index (χ2n) is 4.80. The minimum absolute atomic E-state index is 0.160. The fraction of sp³-hybridized carbons (Fsp3) is 0.133. The van der Waals surface area contributed by atoms with E-state index in [1.54, 1.807) is 22.8 Å². The van der Waals surface area contributed by atoms with Crippen LogP contribution in [0.15, 0.2) is 41.0 Å². The van der Waals surface area contributed by atoms with Crippen LogP contribution in [-0.2, 0) is 0 Å². The number of benzene rings is 1. The molecule has 0 aliphatic carbocycles. The molecule has 0 aliphatic rings. The molecule has 0 saturated carbocycles. The van der Waals surface area contributed by atoms with Gasteiger partial charge in [-0.1, -0.05) is 22.0 Å². The molecule has 2 heterocycles. The van der Waals surface area contributed by atoms with E-state index < -0.39 is 0 Å². The van der Waals surface area contributed by atoms with Gasteiger partial charge < -0.3 is 5.32 Å². The van der Waals surface area contributed by atoms with Gasteiger partial charge in [-0.05, 0) is 43.7 Å². The van der Waals surface area contributed by atoms with Gasteiger partial charge in [-0.25, -0.2) is 9.50 Å². The lowest BCUT2D eigenvalue weighted by molar-refractivity contribution is 0.102. The molecule has 5 nitrogen and oxygen atoms in total. The Morgan fingerprint density at radius 2 is 2.10 bits per heavy atom. The molecule has 0 unspecified atom stereocenters. The van der Waals surface area contributed by atoms with Gasteiger partial charge >= 0.3 is 0 Å². The predicted octanol–water partition coefficient (Wildman–Crippen LogP) is 3.36. The Bertz CT molecular complexity index is 841. The van der Waals surface area contributed by atoms with Crippen molar-refractivity contribution in [1.82, 2.24) is 14.6 Å². The van der Waals surface area contributed by atoms with E-state index >= 15 is 0 Å². The third kappa shape index (κ3) is 2.80. The quantitative estimate of drug-likeness (QED) is 0.775. The smallest absolute Gasteiger partial charge is 0.255 e. The molecule has 1 N–H and O–H groups in total. The number of aryl methyl sites for hydroxylation is 2. The minimum Gasteiger partial charge on any atom is -0.321 e. The molecule has 21 heavy (non-hydrogen) atoms. The number of hydrogen-bond acceptors (Lipinski definition) is 3. The molecule has 0 spiro atoms. The summed E-state index contributed by atoms with van der Waals surface area (Å²) in [7, 11) is 0. The maximum Gasteiger partial charge on any atom is 0.255 e. The van der Waals surface area contributed by atoms with Crippen LogP contribution < -0.4 is 5.32 Å². The normalized spacial score (nSPS) is 10.8. The minimum atomic E-state index is -0.160. The number of aromatic nitrogens is 3. The summed E-state index contributed by atoms with van der Waals surface area (Å²) in [5.74, 6) is 0.542. The van der Waals surface area contributed by atoms with E-state index in [1.807, 2.05) is 32.0 Å². The Balaban J connectivity index is 1.92. The van der Waals surface area contributed by atoms with Crippen molar-refractivity contribution in [3.63, 3.8) is 0 Å². The van der Waals surface area contributed by atoms with Gasteiger partial charge in [0.2, 0.25) is 0 Å². The summed E-state index contributed by atoms with van der Waals surface area (Å²) in [4.78, 5) is 16.6. The van der Waals surface area contributed by atoms with Crippen molar-refractivity contribution in [2.45, 2.75) is 13.8 Å². The fourth-order valence-corrected chi connectivity index (χ4v) is 2.56. The van der Waals surface area contributed by atoms with Crippen molar-refractivity contribution < 1.29 is 4.79 Å². The molecular formula is C15H13BrN4O. The standard InChI is InChI=1S/C15H13BrN4O/c1-9-6-13(8-20-14(9)17-10(2)19-20)18-15(21)11-4-3-5-12(16)7-11/h3-8H,1-2H3,(H,18,21). The third-order valence-corrected chi connectivity index (χ3v) is 3.56. The van der Waals surface area contributed by atoms with Crippen LogP contribution in [0.5, 0.6) is 0 Å². The van der Waals surface area contributed by atoms with Gasteiger partial charge in [0.25, 0.3) is 5.91 Å². The summed E-state index contributed by atoms with van der Waals surface area (Å²) in [5, 5.41) is 7.15. The second-order valence-corrected chi connectivity index (χ2v) is 5.72. The molecule has 3 rings (SSSR count). The summed E-state index contributed by atoms with van der Waals surface area (Å²) in [6.45, 7) is 3.78. The number of anilines is 1. The van der Waals surface area contributed by atoms with Gasteiger partial charge in [-0.3, -0.25) is 4.79 Å². The molecule has 1 aromatic carbocycles. The van der Waals surface area contributed by atoms with Gasteiger partial charge in [-0.2, -0.15) is 5.10 Å². The average molecular weight is 345 g/mol. The van der Waals surface area contributed by atoms with Gasteiger partial charge in [0.15, 0.2) is 5.65 Å². The first-order valence-electron chi connectivity index (χ1n) is 6.43. The first kappa shape index (κ1) is 13.8. The Morgan fingerprint density at radius 3 is 2.86 bits per heavy atom. The van der Waals surface area contributed by atoms with E-state index in [1.165, 1.54) is 0 Å². The summed E-state index contributed by atoms with van der Waals surface area (Å²) < 4.78 is 2.55. The maximum absolute atomic E-state index is 12.2. The predicted molar refractivity (Wildman–Crippen MR) is 84.6 cm³/mol. The van der Waals surface area contributed by atoms with E-state index in [9.17, 15) is 4.79 Å². The molecule has 0 bridgehead atoms. The zero-order chi connectivity index (χ0) is 15.0. The molecule has 6 heteroatoms. The van der Waals surface area contributed by atoms with Crippen LogP contribution >= 0.6 is 15.9 Å². The number of hydrogen-bond donors (Lipinski definition) is 1. The number of fused-ring (bicyclic) bond motifs is 1. The first-order chi connectivity index (χ1) is 10.0. The maximum atomic E-state index is 12.2. The van der Waals surface area contributed by atoms with Crippen molar-refractivity contribution in [2.75, 3.05) is 5.32 Å². The molecule has 0 radical (unpaired) electrons. The Hall–Kier alpha value is -2.21. The highest BCUT2D eigenvalue weighted by atomic mass is 79.9. The zero-order valence-electron chi connectivity index (χ0n) is 11.6. The number of pyridine rings is 1. The SMILES string of the molecule is Cc1nc2c(C)cc(NC(=O)c3cccc(Br)c3)cn2n1. The van der Waals surface area contributed by atoms with Crippen molar-refractivity contribution >= 4 is 33.2 Å².